The SMILES string of the molecule is CCOC(=O)c1cc(OCCN2CCOCC2)cc(-c2ccccc2)n1.O=C(O)c1cc(OCCN2CCOCC2)cc(-c2ccccc2)n1. The molecule has 2 aromatic heterocycles. The van der Waals surface area contributed by atoms with Gasteiger partial charge in [-0.05, 0) is 6.92 Å². The average molecular weight is 685 g/mol. The van der Waals surface area contributed by atoms with Gasteiger partial charge < -0.3 is 28.8 Å². The maximum absolute atomic E-state index is 12.1. The topological polar surface area (TPSA) is 133 Å². The zero-order valence-electron chi connectivity index (χ0n) is 28.4. The number of morpholine rings is 2. The van der Waals surface area contributed by atoms with E-state index in [0.29, 0.717) is 42.7 Å². The highest BCUT2D eigenvalue weighted by Gasteiger charge is 2.16. The number of aromatic nitrogens is 2. The van der Waals surface area contributed by atoms with Crippen molar-refractivity contribution in [3.05, 3.63) is 96.3 Å². The summed E-state index contributed by atoms with van der Waals surface area (Å²) in [6.45, 7) is 11.4. The van der Waals surface area contributed by atoms with Gasteiger partial charge in [0.1, 0.15) is 24.7 Å². The summed E-state index contributed by atoms with van der Waals surface area (Å²) in [6, 6.07) is 26.0. The number of carboxylic acid groups (broad SMARTS) is 1. The summed E-state index contributed by atoms with van der Waals surface area (Å²) < 4.78 is 27.4. The predicted molar refractivity (Wildman–Crippen MR) is 188 cm³/mol. The van der Waals surface area contributed by atoms with Crippen LogP contribution in [0, 0.1) is 0 Å². The van der Waals surface area contributed by atoms with Crippen molar-refractivity contribution < 1.29 is 38.4 Å². The lowest BCUT2D eigenvalue weighted by Gasteiger charge is -2.26. The van der Waals surface area contributed by atoms with E-state index in [4.69, 9.17) is 23.7 Å². The molecule has 1 N–H and O–H groups in total. The molecule has 2 aromatic carbocycles. The summed E-state index contributed by atoms with van der Waals surface area (Å²) in [4.78, 5) is 36.7. The van der Waals surface area contributed by atoms with E-state index in [1.165, 1.54) is 6.07 Å². The monoisotopic (exact) mass is 684 g/mol. The Balaban J connectivity index is 0.000000195. The van der Waals surface area contributed by atoms with Crippen molar-refractivity contribution in [2.75, 3.05) is 85.5 Å². The Labute approximate surface area is 292 Å². The summed E-state index contributed by atoms with van der Waals surface area (Å²) >= 11 is 0. The third-order valence-electron chi connectivity index (χ3n) is 8.00. The molecule has 2 saturated heterocycles. The largest absolute Gasteiger partial charge is 0.492 e. The average Bonchev–Trinajstić information content (AvgIpc) is 3.16. The fourth-order valence-corrected chi connectivity index (χ4v) is 5.35. The molecular weight excluding hydrogens is 640 g/mol. The maximum atomic E-state index is 12.1. The zero-order valence-corrected chi connectivity index (χ0v) is 28.4. The molecule has 6 rings (SSSR count). The predicted octanol–water partition coefficient (Wildman–Crippen LogP) is 4.79. The zero-order chi connectivity index (χ0) is 35.0. The van der Waals surface area contributed by atoms with Crippen LogP contribution in [0.5, 0.6) is 11.5 Å². The molecule has 0 saturated carbocycles. The Hall–Kier alpha value is -4.88. The molecule has 12 heteroatoms. The lowest BCUT2D eigenvalue weighted by Crippen LogP contribution is -2.38. The van der Waals surface area contributed by atoms with Gasteiger partial charge in [0, 0.05) is 74.7 Å². The van der Waals surface area contributed by atoms with E-state index < -0.39 is 11.9 Å². The highest BCUT2D eigenvalue weighted by molar-refractivity contribution is 5.88. The second-order valence-electron chi connectivity index (χ2n) is 11.5. The first-order valence-corrected chi connectivity index (χ1v) is 16.9. The highest BCUT2D eigenvalue weighted by Crippen LogP contribution is 2.25. The molecule has 0 aliphatic carbocycles. The molecule has 12 nitrogen and oxygen atoms in total. The van der Waals surface area contributed by atoms with Crippen LogP contribution in [0.25, 0.3) is 22.5 Å². The minimum absolute atomic E-state index is 0.0160. The quantitative estimate of drug-likeness (QED) is 0.194. The molecule has 0 spiro atoms. The van der Waals surface area contributed by atoms with Crippen LogP contribution in [0.3, 0.4) is 0 Å². The second kappa shape index (κ2) is 19.3. The molecular formula is C38H44N4O8. The number of pyridine rings is 2. The summed E-state index contributed by atoms with van der Waals surface area (Å²) in [7, 11) is 0. The van der Waals surface area contributed by atoms with E-state index in [9.17, 15) is 14.7 Å². The van der Waals surface area contributed by atoms with Gasteiger partial charge in [0.15, 0.2) is 11.4 Å². The minimum Gasteiger partial charge on any atom is -0.492 e. The molecule has 2 aliphatic heterocycles. The standard InChI is InChI=1S/C20H24N2O4.C18H20N2O4/c1-2-25-20(23)19-15-17(26-13-10-22-8-11-24-12-9-22)14-18(21-19)16-6-4-3-5-7-16;21-18(22)17-13-15(24-11-8-20-6-9-23-10-7-20)12-16(19-17)14-4-2-1-3-5-14/h3-7,14-15H,2,8-13H2,1H3;1-5,12-13H,6-11H2,(H,21,22). The normalized spacial score (nSPS) is 15.0. The lowest BCUT2D eigenvalue weighted by molar-refractivity contribution is 0.0321. The van der Waals surface area contributed by atoms with E-state index in [1.54, 1.807) is 19.1 Å². The first kappa shape index (κ1) is 36.4. The Morgan fingerprint density at radius 1 is 0.680 bits per heavy atom. The molecule has 264 valence electrons. The van der Waals surface area contributed by atoms with Crippen LogP contribution in [-0.2, 0) is 14.2 Å². The van der Waals surface area contributed by atoms with Crippen LogP contribution in [0.2, 0.25) is 0 Å². The van der Waals surface area contributed by atoms with Crippen molar-refractivity contribution in [1.29, 1.82) is 0 Å². The third kappa shape index (κ3) is 11.3. The molecule has 0 amide bonds. The van der Waals surface area contributed by atoms with E-state index in [2.05, 4.69) is 19.8 Å². The molecule has 2 aliphatic rings. The Kier molecular flexibility index (Phi) is 14.1. The van der Waals surface area contributed by atoms with Crippen LogP contribution in [0.15, 0.2) is 84.9 Å². The van der Waals surface area contributed by atoms with Crippen molar-refractivity contribution in [3.8, 4) is 34.0 Å². The Bertz CT molecular complexity index is 1650. The van der Waals surface area contributed by atoms with Gasteiger partial charge in [-0.1, -0.05) is 60.7 Å². The number of nitrogens with zero attached hydrogens (tertiary/aromatic N) is 4. The lowest BCUT2D eigenvalue weighted by atomic mass is 10.1. The first-order chi connectivity index (χ1) is 24.5. The summed E-state index contributed by atoms with van der Waals surface area (Å²) in [6.07, 6.45) is 0. The van der Waals surface area contributed by atoms with Crippen LogP contribution in [0.1, 0.15) is 27.9 Å². The van der Waals surface area contributed by atoms with E-state index in [0.717, 1.165) is 76.8 Å². The van der Waals surface area contributed by atoms with Crippen molar-refractivity contribution in [2.45, 2.75) is 6.92 Å². The van der Waals surface area contributed by atoms with Crippen molar-refractivity contribution in [2.24, 2.45) is 0 Å². The van der Waals surface area contributed by atoms with Gasteiger partial charge >= 0.3 is 11.9 Å². The number of esters is 1. The smallest absolute Gasteiger partial charge is 0.357 e. The van der Waals surface area contributed by atoms with Gasteiger partial charge in [0.05, 0.1) is 44.4 Å². The van der Waals surface area contributed by atoms with Gasteiger partial charge in [-0.3, -0.25) is 9.80 Å². The third-order valence-corrected chi connectivity index (χ3v) is 8.00. The Morgan fingerprint density at radius 3 is 1.56 bits per heavy atom. The molecule has 4 aromatic rings. The second-order valence-corrected chi connectivity index (χ2v) is 11.5. The molecule has 50 heavy (non-hydrogen) atoms. The van der Waals surface area contributed by atoms with Gasteiger partial charge in [-0.25, -0.2) is 19.6 Å². The first-order valence-electron chi connectivity index (χ1n) is 16.9. The van der Waals surface area contributed by atoms with Crippen molar-refractivity contribution >= 4 is 11.9 Å². The van der Waals surface area contributed by atoms with Crippen LogP contribution < -0.4 is 9.47 Å². The summed E-state index contributed by atoms with van der Waals surface area (Å²) in [5.74, 6) is -0.362. The number of rotatable bonds is 13. The van der Waals surface area contributed by atoms with E-state index >= 15 is 0 Å². The van der Waals surface area contributed by atoms with Crippen molar-refractivity contribution in [3.63, 3.8) is 0 Å². The molecule has 0 unspecified atom stereocenters. The van der Waals surface area contributed by atoms with Gasteiger partial charge in [-0.15, -0.1) is 0 Å². The fourth-order valence-electron chi connectivity index (χ4n) is 5.35. The maximum Gasteiger partial charge on any atom is 0.357 e. The van der Waals surface area contributed by atoms with Crippen LogP contribution in [0.4, 0.5) is 0 Å². The highest BCUT2D eigenvalue weighted by atomic mass is 16.5. The number of ether oxygens (including phenoxy) is 5. The van der Waals surface area contributed by atoms with E-state index in [1.807, 2.05) is 66.7 Å². The van der Waals surface area contributed by atoms with Crippen LogP contribution >= 0.6 is 0 Å². The molecule has 0 bridgehead atoms. The molecule has 0 radical (unpaired) electrons. The number of carbonyl (C=O) groups excluding carboxylic acids is 1. The number of aromatic carboxylic acids is 1. The summed E-state index contributed by atoms with van der Waals surface area (Å²) in [5.41, 5.74) is 3.32. The van der Waals surface area contributed by atoms with Gasteiger partial charge in [-0.2, -0.15) is 0 Å². The number of carboxylic acids is 1. The molecule has 4 heterocycles. The number of hydrogen-bond acceptors (Lipinski definition) is 11. The molecule has 0 atom stereocenters. The van der Waals surface area contributed by atoms with Crippen LogP contribution in [-0.4, -0.2) is 122 Å². The van der Waals surface area contributed by atoms with Crippen molar-refractivity contribution in [1.82, 2.24) is 19.8 Å². The fraction of sp³-hybridized carbons (Fsp3) is 0.368. The van der Waals surface area contributed by atoms with Gasteiger partial charge in [0.25, 0.3) is 0 Å². The van der Waals surface area contributed by atoms with Gasteiger partial charge in [0.2, 0.25) is 0 Å². The number of benzene rings is 2. The summed E-state index contributed by atoms with van der Waals surface area (Å²) in [5, 5.41) is 9.27. The number of hydrogen-bond donors (Lipinski definition) is 1. The molecule has 2 fully saturated rings. The number of carbonyl (C=O) groups is 2. The minimum atomic E-state index is -1.06. The van der Waals surface area contributed by atoms with E-state index in [-0.39, 0.29) is 11.4 Å². The Morgan fingerprint density at radius 2 is 1.12 bits per heavy atom.